The van der Waals surface area contributed by atoms with Crippen molar-refractivity contribution in [3.05, 3.63) is 69.5 Å². The second kappa shape index (κ2) is 6.04. The van der Waals surface area contributed by atoms with Crippen molar-refractivity contribution in [1.82, 2.24) is 5.32 Å². The summed E-state index contributed by atoms with van der Waals surface area (Å²) in [5.41, 5.74) is 1.03. The summed E-state index contributed by atoms with van der Waals surface area (Å²) in [6.07, 6.45) is 0. The Morgan fingerprint density at radius 2 is 1.84 bits per heavy atom. The Kier molecular flexibility index (Phi) is 4.40. The summed E-state index contributed by atoms with van der Waals surface area (Å²) in [6.45, 7) is 0.211. The lowest BCUT2D eigenvalue weighted by Gasteiger charge is -2.08. The Morgan fingerprint density at radius 3 is 2.53 bits per heavy atom. The lowest BCUT2D eigenvalue weighted by Crippen LogP contribution is -2.23. The second-order valence-electron chi connectivity index (χ2n) is 3.90. The molecule has 1 amide bonds. The minimum atomic E-state index is -0.411. The van der Waals surface area contributed by atoms with E-state index in [0.717, 1.165) is 0 Å². The lowest BCUT2D eigenvalue weighted by molar-refractivity contribution is 0.0951. The molecule has 0 aliphatic heterocycles. The molecule has 5 heteroatoms. The van der Waals surface area contributed by atoms with Crippen LogP contribution in [0.5, 0.6) is 0 Å². The summed E-state index contributed by atoms with van der Waals surface area (Å²) in [6, 6.07) is 10.8. The molecule has 0 spiro atoms. The molecular formula is C14H10Cl2FNO. The molecule has 2 aromatic rings. The van der Waals surface area contributed by atoms with Crippen LogP contribution >= 0.6 is 23.2 Å². The van der Waals surface area contributed by atoms with Gasteiger partial charge in [-0.1, -0.05) is 41.4 Å². The Labute approximate surface area is 120 Å². The quantitative estimate of drug-likeness (QED) is 0.909. The van der Waals surface area contributed by atoms with Gasteiger partial charge in [-0.3, -0.25) is 4.79 Å². The van der Waals surface area contributed by atoms with Crippen LogP contribution in [-0.2, 0) is 6.54 Å². The first kappa shape index (κ1) is 13.8. The van der Waals surface area contributed by atoms with E-state index in [-0.39, 0.29) is 17.5 Å². The molecule has 0 unspecified atom stereocenters. The third-order valence-corrected chi connectivity index (χ3v) is 3.25. The second-order valence-corrected chi connectivity index (χ2v) is 4.71. The molecule has 0 radical (unpaired) electrons. The summed E-state index contributed by atoms with van der Waals surface area (Å²) in [5.74, 6) is -0.711. The van der Waals surface area contributed by atoms with Crippen molar-refractivity contribution in [2.45, 2.75) is 6.54 Å². The molecule has 0 saturated heterocycles. The van der Waals surface area contributed by atoms with Crippen molar-refractivity contribution in [2.24, 2.45) is 0 Å². The summed E-state index contributed by atoms with van der Waals surface area (Å²) in [7, 11) is 0. The summed E-state index contributed by atoms with van der Waals surface area (Å²) in [4.78, 5) is 11.9. The molecule has 0 atom stereocenters. The van der Waals surface area contributed by atoms with Crippen LogP contribution in [0.2, 0.25) is 10.0 Å². The molecule has 0 heterocycles. The van der Waals surface area contributed by atoms with E-state index >= 15 is 0 Å². The van der Waals surface area contributed by atoms with Crippen molar-refractivity contribution >= 4 is 29.1 Å². The molecule has 2 aromatic carbocycles. The minimum Gasteiger partial charge on any atom is -0.348 e. The maximum Gasteiger partial charge on any atom is 0.253 e. The van der Waals surface area contributed by atoms with Crippen LogP contribution in [0.25, 0.3) is 0 Å². The fourth-order valence-corrected chi connectivity index (χ4v) is 2.04. The number of carbonyl (C=O) groups is 1. The molecule has 98 valence electrons. The van der Waals surface area contributed by atoms with Crippen LogP contribution in [0, 0.1) is 5.82 Å². The number of carbonyl (C=O) groups excluding carboxylic acids is 1. The zero-order chi connectivity index (χ0) is 13.8. The van der Waals surface area contributed by atoms with Crippen molar-refractivity contribution in [2.75, 3.05) is 0 Å². The topological polar surface area (TPSA) is 29.1 Å². The van der Waals surface area contributed by atoms with Gasteiger partial charge in [0.1, 0.15) is 5.82 Å². The van der Waals surface area contributed by atoms with Crippen LogP contribution in [0.3, 0.4) is 0 Å². The molecule has 0 fully saturated rings. The molecule has 2 rings (SSSR count). The molecule has 0 bridgehead atoms. The standard InChI is InChI=1S/C14H10Cl2FNO/c15-12-4-2-1-3-11(12)14(19)18-8-9-5-6-10(17)7-13(9)16/h1-7H,8H2,(H,18,19). The van der Waals surface area contributed by atoms with E-state index in [1.165, 1.54) is 18.2 Å². The molecule has 19 heavy (non-hydrogen) atoms. The highest BCUT2D eigenvalue weighted by Gasteiger charge is 2.10. The predicted octanol–water partition coefficient (Wildman–Crippen LogP) is 4.06. The van der Waals surface area contributed by atoms with Gasteiger partial charge in [0.15, 0.2) is 0 Å². The Hall–Kier alpha value is -1.58. The van der Waals surface area contributed by atoms with Crippen LogP contribution < -0.4 is 5.32 Å². The zero-order valence-electron chi connectivity index (χ0n) is 9.79. The summed E-state index contributed by atoms with van der Waals surface area (Å²) < 4.78 is 12.9. The number of hydrogen-bond donors (Lipinski definition) is 1. The average Bonchev–Trinajstić information content (AvgIpc) is 2.38. The Bertz CT molecular complexity index is 616. The average molecular weight is 298 g/mol. The van der Waals surface area contributed by atoms with Gasteiger partial charge in [-0.05, 0) is 29.8 Å². The minimum absolute atomic E-state index is 0.211. The van der Waals surface area contributed by atoms with Gasteiger partial charge in [0.05, 0.1) is 10.6 Å². The highest BCUT2D eigenvalue weighted by Crippen LogP contribution is 2.18. The smallest absolute Gasteiger partial charge is 0.253 e. The van der Waals surface area contributed by atoms with E-state index in [2.05, 4.69) is 5.32 Å². The maximum atomic E-state index is 12.9. The zero-order valence-corrected chi connectivity index (χ0v) is 11.3. The molecule has 0 aliphatic carbocycles. The van der Waals surface area contributed by atoms with Gasteiger partial charge < -0.3 is 5.32 Å². The number of benzene rings is 2. The van der Waals surface area contributed by atoms with Crippen molar-refractivity contribution < 1.29 is 9.18 Å². The van der Waals surface area contributed by atoms with Crippen LogP contribution in [0.4, 0.5) is 4.39 Å². The molecule has 0 aliphatic rings. The van der Waals surface area contributed by atoms with E-state index in [1.54, 1.807) is 24.3 Å². The van der Waals surface area contributed by atoms with E-state index in [4.69, 9.17) is 23.2 Å². The van der Waals surface area contributed by atoms with E-state index in [9.17, 15) is 9.18 Å². The van der Waals surface area contributed by atoms with Crippen LogP contribution in [0.1, 0.15) is 15.9 Å². The van der Waals surface area contributed by atoms with Gasteiger partial charge in [-0.2, -0.15) is 0 Å². The van der Waals surface area contributed by atoms with Crippen LogP contribution in [0.15, 0.2) is 42.5 Å². The monoisotopic (exact) mass is 297 g/mol. The van der Waals surface area contributed by atoms with Crippen molar-refractivity contribution in [3.8, 4) is 0 Å². The van der Waals surface area contributed by atoms with Gasteiger partial charge >= 0.3 is 0 Å². The molecular weight excluding hydrogens is 288 g/mol. The number of halogens is 3. The van der Waals surface area contributed by atoms with Crippen LogP contribution in [-0.4, -0.2) is 5.91 Å². The van der Waals surface area contributed by atoms with E-state index in [1.807, 2.05) is 0 Å². The molecule has 2 nitrogen and oxygen atoms in total. The van der Waals surface area contributed by atoms with E-state index in [0.29, 0.717) is 16.1 Å². The molecule has 0 saturated carbocycles. The van der Waals surface area contributed by atoms with Gasteiger partial charge in [0.25, 0.3) is 5.91 Å². The normalized spacial score (nSPS) is 10.3. The summed E-state index contributed by atoms with van der Waals surface area (Å²) >= 11 is 11.8. The van der Waals surface area contributed by atoms with Gasteiger partial charge in [0.2, 0.25) is 0 Å². The highest BCUT2D eigenvalue weighted by atomic mass is 35.5. The van der Waals surface area contributed by atoms with Crippen molar-refractivity contribution in [3.63, 3.8) is 0 Å². The lowest BCUT2D eigenvalue weighted by atomic mass is 10.2. The third-order valence-electron chi connectivity index (χ3n) is 2.57. The fraction of sp³-hybridized carbons (Fsp3) is 0.0714. The largest absolute Gasteiger partial charge is 0.348 e. The SMILES string of the molecule is O=C(NCc1ccc(F)cc1Cl)c1ccccc1Cl. The fourth-order valence-electron chi connectivity index (χ4n) is 1.58. The number of amides is 1. The first-order valence-corrected chi connectivity index (χ1v) is 6.30. The van der Waals surface area contributed by atoms with E-state index < -0.39 is 5.82 Å². The predicted molar refractivity (Wildman–Crippen MR) is 74.0 cm³/mol. The third kappa shape index (κ3) is 3.46. The Balaban J connectivity index is 2.07. The first-order valence-electron chi connectivity index (χ1n) is 5.54. The van der Waals surface area contributed by atoms with Gasteiger partial charge in [0, 0.05) is 11.6 Å². The highest BCUT2D eigenvalue weighted by molar-refractivity contribution is 6.33. The summed E-state index contributed by atoms with van der Waals surface area (Å²) in [5, 5.41) is 3.34. The van der Waals surface area contributed by atoms with Crippen molar-refractivity contribution in [1.29, 1.82) is 0 Å². The number of nitrogens with one attached hydrogen (secondary N) is 1. The molecule has 0 aromatic heterocycles. The first-order chi connectivity index (χ1) is 9.08. The Morgan fingerprint density at radius 1 is 1.11 bits per heavy atom. The van der Waals surface area contributed by atoms with Gasteiger partial charge in [-0.15, -0.1) is 0 Å². The number of rotatable bonds is 3. The number of hydrogen-bond acceptors (Lipinski definition) is 1. The molecule has 1 N–H and O–H groups in total. The van der Waals surface area contributed by atoms with Gasteiger partial charge in [-0.25, -0.2) is 4.39 Å². The maximum absolute atomic E-state index is 12.9.